The maximum atomic E-state index is 4.52. The van der Waals surface area contributed by atoms with Crippen LogP contribution >= 0.6 is 0 Å². The fourth-order valence-electron chi connectivity index (χ4n) is 2.18. The van der Waals surface area contributed by atoms with Gasteiger partial charge >= 0.3 is 0 Å². The molecule has 4 nitrogen and oxygen atoms in total. The fraction of sp³-hybridized carbons (Fsp3) is 0.733. The van der Waals surface area contributed by atoms with Crippen LogP contribution in [0.4, 0.5) is 5.82 Å². The second-order valence-corrected chi connectivity index (χ2v) is 5.37. The molecule has 106 valence electrons. The Morgan fingerprint density at radius 2 is 2.05 bits per heavy atom. The highest BCUT2D eigenvalue weighted by Crippen LogP contribution is 2.28. The molecule has 1 aliphatic carbocycles. The van der Waals surface area contributed by atoms with Crippen LogP contribution in [0.25, 0.3) is 0 Å². The molecule has 1 aromatic heterocycles. The van der Waals surface area contributed by atoms with Crippen molar-refractivity contribution in [1.29, 1.82) is 0 Å². The van der Waals surface area contributed by atoms with Crippen LogP contribution in [0.2, 0.25) is 0 Å². The third-order valence-corrected chi connectivity index (χ3v) is 3.49. The molecule has 0 aliphatic heterocycles. The lowest BCUT2D eigenvalue weighted by Gasteiger charge is -2.21. The first-order chi connectivity index (χ1) is 9.33. The normalized spacial score (nSPS) is 14.9. The molecule has 1 heterocycles. The zero-order chi connectivity index (χ0) is 13.5. The van der Waals surface area contributed by atoms with Crippen molar-refractivity contribution in [2.24, 2.45) is 0 Å². The molecule has 1 N–H and O–H groups in total. The van der Waals surface area contributed by atoms with Crippen LogP contribution in [0.3, 0.4) is 0 Å². The minimum Gasteiger partial charge on any atom is -0.369 e. The second-order valence-electron chi connectivity index (χ2n) is 5.37. The van der Waals surface area contributed by atoms with Gasteiger partial charge in [0.2, 0.25) is 0 Å². The minimum atomic E-state index is 0.797. The number of unbranched alkanes of at least 4 members (excludes halogenated alkanes) is 1. The average molecular weight is 262 g/mol. The molecule has 1 aromatic rings. The number of hydrogen-bond donors (Lipinski definition) is 1. The summed E-state index contributed by atoms with van der Waals surface area (Å²) in [5, 5.41) is 3.26. The first-order valence-electron chi connectivity index (χ1n) is 7.62. The molecule has 2 rings (SSSR count). The van der Waals surface area contributed by atoms with Gasteiger partial charge in [-0.15, -0.1) is 0 Å². The Hall–Kier alpha value is -1.16. The van der Waals surface area contributed by atoms with Crippen molar-refractivity contribution < 1.29 is 0 Å². The fourth-order valence-corrected chi connectivity index (χ4v) is 2.18. The number of rotatable bonds is 9. The van der Waals surface area contributed by atoms with E-state index in [1.165, 1.54) is 32.2 Å². The lowest BCUT2D eigenvalue weighted by Crippen LogP contribution is -2.27. The third kappa shape index (κ3) is 4.78. The van der Waals surface area contributed by atoms with Gasteiger partial charge in [0.1, 0.15) is 5.82 Å². The molecule has 0 bridgehead atoms. The largest absolute Gasteiger partial charge is 0.369 e. The smallest absolute Gasteiger partial charge is 0.144 e. The lowest BCUT2D eigenvalue weighted by molar-refractivity contribution is 0.247. The summed E-state index contributed by atoms with van der Waals surface area (Å²) < 4.78 is 0. The van der Waals surface area contributed by atoms with Gasteiger partial charge in [-0.3, -0.25) is 9.88 Å². The molecule has 0 radical (unpaired) electrons. The Labute approximate surface area is 116 Å². The van der Waals surface area contributed by atoms with Crippen molar-refractivity contribution in [2.75, 3.05) is 18.4 Å². The van der Waals surface area contributed by atoms with Crippen molar-refractivity contribution in [1.82, 2.24) is 14.9 Å². The maximum Gasteiger partial charge on any atom is 0.144 e. The highest BCUT2D eigenvalue weighted by atomic mass is 15.2. The summed E-state index contributed by atoms with van der Waals surface area (Å²) in [6.45, 7) is 7.50. The Morgan fingerprint density at radius 3 is 2.63 bits per heavy atom. The predicted octanol–water partition coefficient (Wildman–Crippen LogP) is 3.06. The molecule has 0 spiro atoms. The monoisotopic (exact) mass is 262 g/mol. The maximum absolute atomic E-state index is 4.52. The molecule has 0 saturated heterocycles. The Bertz CT molecular complexity index is 359. The minimum absolute atomic E-state index is 0.797. The van der Waals surface area contributed by atoms with E-state index in [4.69, 9.17) is 0 Å². The zero-order valence-electron chi connectivity index (χ0n) is 12.2. The quantitative estimate of drug-likeness (QED) is 0.742. The number of aromatic nitrogens is 2. The molecular weight excluding hydrogens is 236 g/mol. The highest BCUT2D eigenvalue weighted by Gasteiger charge is 2.28. The van der Waals surface area contributed by atoms with E-state index in [1.54, 1.807) is 0 Å². The van der Waals surface area contributed by atoms with E-state index in [0.29, 0.717) is 0 Å². The van der Waals surface area contributed by atoms with E-state index < -0.39 is 0 Å². The van der Waals surface area contributed by atoms with Gasteiger partial charge in [-0.25, -0.2) is 4.98 Å². The van der Waals surface area contributed by atoms with Gasteiger partial charge < -0.3 is 5.32 Å². The van der Waals surface area contributed by atoms with Crippen LogP contribution in [-0.2, 0) is 6.54 Å². The molecule has 0 aromatic carbocycles. The summed E-state index contributed by atoms with van der Waals surface area (Å²) in [4.78, 5) is 11.5. The van der Waals surface area contributed by atoms with E-state index in [-0.39, 0.29) is 0 Å². The highest BCUT2D eigenvalue weighted by molar-refractivity contribution is 5.30. The Balaban J connectivity index is 1.86. The van der Waals surface area contributed by atoms with Crippen LogP contribution in [0.5, 0.6) is 0 Å². The van der Waals surface area contributed by atoms with Crippen molar-refractivity contribution in [3.05, 3.63) is 18.1 Å². The van der Waals surface area contributed by atoms with Crippen molar-refractivity contribution in [2.45, 2.75) is 58.5 Å². The van der Waals surface area contributed by atoms with Crippen LogP contribution in [0.15, 0.2) is 12.4 Å². The molecule has 1 fully saturated rings. The number of nitrogens with one attached hydrogen (secondary N) is 1. The van der Waals surface area contributed by atoms with Crippen LogP contribution in [0, 0.1) is 0 Å². The molecule has 19 heavy (non-hydrogen) atoms. The van der Waals surface area contributed by atoms with Gasteiger partial charge in [0.15, 0.2) is 0 Å². The summed E-state index contributed by atoms with van der Waals surface area (Å²) >= 11 is 0. The van der Waals surface area contributed by atoms with E-state index in [2.05, 4.69) is 34.0 Å². The summed E-state index contributed by atoms with van der Waals surface area (Å²) in [6.07, 6.45) is 10.1. The van der Waals surface area contributed by atoms with Crippen LogP contribution < -0.4 is 5.32 Å². The first-order valence-corrected chi connectivity index (χ1v) is 7.62. The predicted molar refractivity (Wildman–Crippen MR) is 79.2 cm³/mol. The summed E-state index contributed by atoms with van der Waals surface area (Å²) in [5.41, 5.74) is 1.09. The number of anilines is 1. The molecular formula is C15H26N4. The first kappa shape index (κ1) is 14.3. The summed E-state index contributed by atoms with van der Waals surface area (Å²) in [7, 11) is 0. The Kier molecular flexibility index (Phi) is 5.58. The summed E-state index contributed by atoms with van der Waals surface area (Å²) in [6, 6.07) is 0.797. The molecule has 0 amide bonds. The average Bonchev–Trinajstić information content (AvgIpc) is 3.27. The van der Waals surface area contributed by atoms with Crippen molar-refractivity contribution >= 4 is 5.82 Å². The van der Waals surface area contributed by atoms with Gasteiger partial charge in [0.25, 0.3) is 0 Å². The topological polar surface area (TPSA) is 41.1 Å². The molecule has 1 aliphatic rings. The zero-order valence-corrected chi connectivity index (χ0v) is 12.2. The molecule has 0 unspecified atom stereocenters. The van der Waals surface area contributed by atoms with Crippen LogP contribution in [-0.4, -0.2) is 34.0 Å². The second kappa shape index (κ2) is 7.43. The van der Waals surface area contributed by atoms with Crippen LogP contribution in [0.1, 0.15) is 51.6 Å². The van der Waals surface area contributed by atoms with Crippen molar-refractivity contribution in [3.8, 4) is 0 Å². The Morgan fingerprint density at radius 1 is 1.21 bits per heavy atom. The van der Waals surface area contributed by atoms with E-state index in [0.717, 1.165) is 37.1 Å². The van der Waals surface area contributed by atoms with Gasteiger partial charge in [-0.1, -0.05) is 20.3 Å². The van der Waals surface area contributed by atoms with Gasteiger partial charge in [0, 0.05) is 19.1 Å². The van der Waals surface area contributed by atoms with E-state index in [9.17, 15) is 0 Å². The molecule has 1 saturated carbocycles. The third-order valence-electron chi connectivity index (χ3n) is 3.49. The SMILES string of the molecule is CCCCN(Cc1cnc(NCCC)cn1)C1CC1. The van der Waals surface area contributed by atoms with Gasteiger partial charge in [-0.05, 0) is 32.2 Å². The summed E-state index contributed by atoms with van der Waals surface area (Å²) in [5.74, 6) is 0.886. The lowest BCUT2D eigenvalue weighted by atomic mass is 10.3. The number of nitrogens with zero attached hydrogens (tertiary/aromatic N) is 3. The molecule has 4 heteroatoms. The van der Waals surface area contributed by atoms with Gasteiger partial charge in [0.05, 0.1) is 18.1 Å². The standard InChI is InChI=1S/C15H26N4/c1-3-5-9-19(14-6-7-14)12-13-10-18-15(11-17-13)16-8-4-2/h10-11,14H,3-9,12H2,1-2H3,(H,16,18). The van der Waals surface area contributed by atoms with Gasteiger partial charge in [-0.2, -0.15) is 0 Å². The molecule has 0 atom stereocenters. The van der Waals surface area contributed by atoms with E-state index in [1.807, 2.05) is 12.4 Å². The number of hydrogen-bond acceptors (Lipinski definition) is 4. The van der Waals surface area contributed by atoms with Crippen molar-refractivity contribution in [3.63, 3.8) is 0 Å². The van der Waals surface area contributed by atoms with E-state index >= 15 is 0 Å².